The molecule has 1 rings (SSSR count). The number of carbonyl (C=O) groups excluding carboxylic acids is 1. The summed E-state index contributed by atoms with van der Waals surface area (Å²) in [5.74, 6) is -0.638. The molecule has 0 bridgehead atoms. The molecule has 0 aliphatic carbocycles. The van der Waals surface area contributed by atoms with E-state index in [1.807, 2.05) is 0 Å². The number of hydrogen-bond donors (Lipinski definition) is 4. The van der Waals surface area contributed by atoms with Crippen molar-refractivity contribution >= 4 is 17.7 Å². The summed E-state index contributed by atoms with van der Waals surface area (Å²) in [5, 5.41) is 9.33. The van der Waals surface area contributed by atoms with Crippen LogP contribution in [-0.4, -0.2) is 16.9 Å². The first-order valence-electron chi connectivity index (χ1n) is 3.39. The quantitative estimate of drug-likeness (QED) is 0.353. The molecule has 1 aromatic rings. The summed E-state index contributed by atoms with van der Waals surface area (Å²) in [4.78, 5) is 14.4. The van der Waals surface area contributed by atoms with Gasteiger partial charge in [0, 0.05) is 6.07 Å². The van der Waals surface area contributed by atoms with Gasteiger partial charge in [0.2, 0.25) is 0 Å². The molecule has 13 heavy (non-hydrogen) atoms. The van der Waals surface area contributed by atoms with Gasteiger partial charge in [0.15, 0.2) is 5.96 Å². The highest BCUT2D eigenvalue weighted by Gasteiger charge is 2.03. The molecule has 1 heterocycles. The molecule has 0 spiro atoms. The van der Waals surface area contributed by atoms with E-state index in [1.54, 1.807) is 0 Å². The number of aromatic nitrogens is 1. The fourth-order valence-electron chi connectivity index (χ4n) is 0.723. The summed E-state index contributed by atoms with van der Waals surface area (Å²) in [6, 6.07) is 5.54. The molecular weight excluding hydrogens is 170 g/mol. The molecule has 0 saturated heterocycles. The number of pyridine rings is 1. The lowest BCUT2D eigenvalue weighted by atomic mass is 10.3. The lowest BCUT2D eigenvalue weighted by Crippen LogP contribution is -2.22. The predicted octanol–water partition coefficient (Wildman–Crippen LogP) is -0.714. The number of nitrogens with one attached hydrogen (secondary N) is 2. The van der Waals surface area contributed by atoms with Crippen molar-refractivity contribution in [3.63, 3.8) is 0 Å². The summed E-state index contributed by atoms with van der Waals surface area (Å²) < 4.78 is 0. The summed E-state index contributed by atoms with van der Waals surface area (Å²) in [6.07, 6.45) is 0. The van der Waals surface area contributed by atoms with Crippen molar-refractivity contribution in [3.05, 3.63) is 23.9 Å². The third-order valence-corrected chi connectivity index (χ3v) is 1.19. The van der Waals surface area contributed by atoms with Crippen LogP contribution in [0.3, 0.4) is 0 Å². The zero-order valence-electron chi connectivity index (χ0n) is 6.66. The standard InChI is InChI=1S/C7H8N5O/c8-6(13)4-2-1-3-5(11-4)12-7(9)10/h1,3H,(H2,8,13)(H4,9,10,11,12). The Morgan fingerprint density at radius 2 is 2.31 bits per heavy atom. The first-order valence-corrected chi connectivity index (χ1v) is 3.39. The third-order valence-electron chi connectivity index (χ3n) is 1.19. The molecule has 0 saturated carbocycles. The van der Waals surface area contributed by atoms with Gasteiger partial charge in [-0.1, -0.05) is 0 Å². The molecule has 0 aliphatic heterocycles. The molecule has 1 amide bonds. The summed E-state index contributed by atoms with van der Waals surface area (Å²) in [5.41, 5.74) is 10.0. The van der Waals surface area contributed by atoms with Gasteiger partial charge in [0.1, 0.15) is 11.5 Å². The summed E-state index contributed by atoms with van der Waals surface area (Å²) >= 11 is 0. The Labute approximate surface area is 74.5 Å². The number of hydrogen-bond acceptors (Lipinski definition) is 3. The minimum Gasteiger partial charge on any atom is -0.370 e. The smallest absolute Gasteiger partial charge is 0.268 e. The minimum atomic E-state index is -0.674. The fraction of sp³-hybridized carbons (Fsp3) is 0. The average Bonchev–Trinajstić information content (AvgIpc) is 2.03. The normalized spacial score (nSPS) is 9.23. The Morgan fingerprint density at radius 3 is 2.85 bits per heavy atom. The number of guanidine groups is 1. The topological polar surface area (TPSA) is 118 Å². The van der Waals surface area contributed by atoms with Crippen molar-refractivity contribution in [2.75, 3.05) is 5.32 Å². The third kappa shape index (κ3) is 2.44. The maximum Gasteiger partial charge on any atom is 0.268 e. The van der Waals surface area contributed by atoms with Crippen molar-refractivity contribution in [2.45, 2.75) is 0 Å². The fourth-order valence-corrected chi connectivity index (χ4v) is 0.723. The molecule has 0 atom stereocenters. The van der Waals surface area contributed by atoms with E-state index < -0.39 is 5.91 Å². The van der Waals surface area contributed by atoms with E-state index in [0.717, 1.165) is 0 Å². The number of primary amides is 1. The number of rotatable bonds is 2. The van der Waals surface area contributed by atoms with Gasteiger partial charge in [-0.25, -0.2) is 4.98 Å². The lowest BCUT2D eigenvalue weighted by molar-refractivity contribution is 0.0995. The molecule has 6 N–H and O–H groups in total. The van der Waals surface area contributed by atoms with Crippen LogP contribution in [-0.2, 0) is 0 Å². The molecule has 67 valence electrons. The zero-order valence-corrected chi connectivity index (χ0v) is 6.66. The molecule has 1 radical (unpaired) electrons. The second-order valence-electron chi connectivity index (χ2n) is 2.23. The summed E-state index contributed by atoms with van der Waals surface area (Å²) in [7, 11) is 0. The van der Waals surface area contributed by atoms with Crippen LogP contribution in [0.25, 0.3) is 0 Å². The lowest BCUT2D eigenvalue weighted by Gasteiger charge is -2.02. The Kier molecular flexibility index (Phi) is 2.44. The van der Waals surface area contributed by atoms with Crippen molar-refractivity contribution in [2.24, 2.45) is 11.5 Å². The highest BCUT2D eigenvalue weighted by atomic mass is 16.1. The van der Waals surface area contributed by atoms with Gasteiger partial charge in [0.05, 0.1) is 0 Å². The molecule has 1 aromatic heterocycles. The number of nitrogens with zero attached hydrogens (tertiary/aromatic N) is 1. The molecule has 0 aromatic carbocycles. The van der Waals surface area contributed by atoms with Gasteiger partial charge >= 0.3 is 0 Å². The van der Waals surface area contributed by atoms with E-state index in [4.69, 9.17) is 16.9 Å². The van der Waals surface area contributed by atoms with E-state index in [9.17, 15) is 4.79 Å². The largest absolute Gasteiger partial charge is 0.370 e. The molecular formula is C7H8N5O. The Morgan fingerprint density at radius 1 is 1.62 bits per heavy atom. The minimum absolute atomic E-state index is 0.00579. The van der Waals surface area contributed by atoms with Crippen molar-refractivity contribution in [1.82, 2.24) is 4.98 Å². The Hall–Kier alpha value is -2.11. The van der Waals surface area contributed by atoms with Crippen molar-refractivity contribution < 1.29 is 4.79 Å². The van der Waals surface area contributed by atoms with E-state index in [-0.39, 0.29) is 11.7 Å². The van der Waals surface area contributed by atoms with Gasteiger partial charge in [-0.05, 0) is 12.1 Å². The van der Waals surface area contributed by atoms with E-state index >= 15 is 0 Å². The van der Waals surface area contributed by atoms with Crippen LogP contribution in [0.2, 0.25) is 0 Å². The van der Waals surface area contributed by atoms with Crippen LogP contribution >= 0.6 is 0 Å². The van der Waals surface area contributed by atoms with Gasteiger partial charge < -0.3 is 16.8 Å². The van der Waals surface area contributed by atoms with Gasteiger partial charge in [-0.3, -0.25) is 10.2 Å². The second kappa shape index (κ2) is 3.53. The number of amides is 1. The monoisotopic (exact) mass is 178 g/mol. The maximum absolute atomic E-state index is 10.7. The Balaban J connectivity index is 2.91. The zero-order chi connectivity index (χ0) is 9.84. The molecule has 0 aliphatic rings. The number of carbonyl (C=O) groups is 1. The van der Waals surface area contributed by atoms with Crippen LogP contribution in [0, 0.1) is 11.5 Å². The Bertz CT molecular complexity index is 348. The van der Waals surface area contributed by atoms with Crippen molar-refractivity contribution in [1.29, 1.82) is 5.41 Å². The van der Waals surface area contributed by atoms with E-state index in [2.05, 4.69) is 16.4 Å². The SMILES string of the molecule is N=C(N)Nc1cc[c]c(C(N)=O)n1. The van der Waals surface area contributed by atoms with Crippen LogP contribution in [0.1, 0.15) is 10.5 Å². The molecule has 0 fully saturated rings. The van der Waals surface area contributed by atoms with Crippen molar-refractivity contribution in [3.8, 4) is 0 Å². The highest BCUT2D eigenvalue weighted by Crippen LogP contribution is 2.02. The molecule has 0 unspecified atom stereocenters. The van der Waals surface area contributed by atoms with Gasteiger partial charge in [0.25, 0.3) is 5.91 Å². The molecule has 6 heteroatoms. The number of anilines is 1. The maximum atomic E-state index is 10.7. The first-order chi connectivity index (χ1) is 6.09. The van der Waals surface area contributed by atoms with E-state index in [1.165, 1.54) is 12.1 Å². The highest BCUT2D eigenvalue weighted by molar-refractivity contribution is 5.92. The average molecular weight is 178 g/mol. The van der Waals surface area contributed by atoms with Crippen LogP contribution in [0.15, 0.2) is 12.1 Å². The second-order valence-corrected chi connectivity index (χ2v) is 2.23. The predicted molar refractivity (Wildman–Crippen MR) is 47.1 cm³/mol. The van der Waals surface area contributed by atoms with E-state index in [0.29, 0.717) is 5.82 Å². The first kappa shape index (κ1) is 8.98. The summed E-state index contributed by atoms with van der Waals surface area (Å²) in [6.45, 7) is 0. The number of nitrogens with two attached hydrogens (primary N) is 2. The van der Waals surface area contributed by atoms with Crippen LogP contribution < -0.4 is 16.8 Å². The molecule has 6 nitrogen and oxygen atoms in total. The van der Waals surface area contributed by atoms with Crippen LogP contribution in [0.5, 0.6) is 0 Å². The van der Waals surface area contributed by atoms with Gasteiger partial charge in [-0.2, -0.15) is 0 Å². The van der Waals surface area contributed by atoms with Crippen LogP contribution in [0.4, 0.5) is 5.82 Å². The van der Waals surface area contributed by atoms with Gasteiger partial charge in [-0.15, -0.1) is 0 Å².